The van der Waals surface area contributed by atoms with Crippen molar-refractivity contribution in [3.63, 3.8) is 0 Å². The molecule has 2 aromatic rings. The number of benzene rings is 2. The maximum absolute atomic E-state index is 12.0. The van der Waals surface area contributed by atoms with Gasteiger partial charge in [-0.15, -0.1) is 11.8 Å². The summed E-state index contributed by atoms with van der Waals surface area (Å²) in [5, 5.41) is 9.61. The van der Waals surface area contributed by atoms with Gasteiger partial charge in [-0.25, -0.2) is 8.42 Å². The zero-order valence-electron chi connectivity index (χ0n) is 14.3. The van der Waals surface area contributed by atoms with E-state index >= 15 is 0 Å². The van der Waals surface area contributed by atoms with E-state index in [9.17, 15) is 18.3 Å². The fourth-order valence-corrected chi connectivity index (χ4v) is 3.46. The molecule has 1 amide bonds. The van der Waals surface area contributed by atoms with E-state index in [0.717, 1.165) is 15.5 Å². The molecule has 0 aliphatic rings. The molecular weight excluding hydrogens is 376 g/mol. The molecule has 1 atom stereocenters. The van der Waals surface area contributed by atoms with Gasteiger partial charge in [-0.05, 0) is 54.8 Å². The van der Waals surface area contributed by atoms with E-state index in [1.54, 1.807) is 23.9 Å². The minimum Gasteiger partial charge on any atom is -0.457 e. The quantitative estimate of drug-likeness (QED) is 0.659. The van der Waals surface area contributed by atoms with E-state index in [1.807, 2.05) is 30.5 Å². The van der Waals surface area contributed by atoms with Crippen molar-refractivity contribution < 1.29 is 23.1 Å². The Bertz CT molecular complexity index is 852. The molecule has 3 N–H and O–H groups in total. The molecule has 0 bridgehead atoms. The molecule has 0 aliphatic heterocycles. The lowest BCUT2D eigenvalue weighted by Gasteiger charge is -2.24. The molecule has 0 radical (unpaired) electrons. The van der Waals surface area contributed by atoms with Crippen molar-refractivity contribution in [3.05, 3.63) is 48.5 Å². The number of aliphatic hydroxyl groups excluding tert-OH is 1. The van der Waals surface area contributed by atoms with Crippen LogP contribution >= 0.6 is 11.8 Å². The normalized spacial score (nSPS) is 12.4. The SMILES string of the molecule is CSc1ccc(Oc2ccc(N(C[C@H](O)C(N)=O)S(C)(=O)=O)cc2)cc1. The largest absolute Gasteiger partial charge is 0.457 e. The molecule has 140 valence electrons. The third kappa shape index (κ3) is 5.38. The van der Waals surface area contributed by atoms with E-state index in [1.165, 1.54) is 12.1 Å². The molecule has 9 heteroatoms. The van der Waals surface area contributed by atoms with Crippen LogP contribution in [0.5, 0.6) is 11.5 Å². The first kappa shape index (κ1) is 20.1. The molecule has 2 aromatic carbocycles. The van der Waals surface area contributed by atoms with Crippen molar-refractivity contribution in [1.29, 1.82) is 0 Å². The van der Waals surface area contributed by atoms with Gasteiger partial charge >= 0.3 is 0 Å². The lowest BCUT2D eigenvalue weighted by molar-refractivity contribution is -0.125. The van der Waals surface area contributed by atoms with Crippen molar-refractivity contribution in [2.24, 2.45) is 5.73 Å². The van der Waals surface area contributed by atoms with Gasteiger partial charge in [0.1, 0.15) is 11.5 Å². The van der Waals surface area contributed by atoms with E-state index in [0.29, 0.717) is 11.5 Å². The number of nitrogens with zero attached hydrogens (tertiary/aromatic N) is 1. The van der Waals surface area contributed by atoms with Gasteiger partial charge in [-0.1, -0.05) is 0 Å². The second-order valence-corrected chi connectivity index (χ2v) is 8.27. The summed E-state index contributed by atoms with van der Waals surface area (Å²) in [6, 6.07) is 13.8. The highest BCUT2D eigenvalue weighted by Gasteiger charge is 2.23. The zero-order valence-corrected chi connectivity index (χ0v) is 16.0. The molecular formula is C17H20N2O5S2. The average Bonchev–Trinajstić information content (AvgIpc) is 2.60. The number of carbonyl (C=O) groups excluding carboxylic acids is 1. The summed E-state index contributed by atoms with van der Waals surface area (Å²) in [5.74, 6) is 0.182. The molecule has 0 saturated heterocycles. The van der Waals surface area contributed by atoms with Crippen molar-refractivity contribution in [2.45, 2.75) is 11.0 Å². The highest BCUT2D eigenvalue weighted by atomic mass is 32.2. The zero-order chi connectivity index (χ0) is 19.3. The van der Waals surface area contributed by atoms with Gasteiger partial charge in [-0.2, -0.15) is 0 Å². The van der Waals surface area contributed by atoms with Crippen LogP contribution < -0.4 is 14.8 Å². The van der Waals surface area contributed by atoms with Gasteiger partial charge in [0.05, 0.1) is 18.5 Å². The summed E-state index contributed by atoms with van der Waals surface area (Å²) in [6.07, 6.45) is 1.37. The van der Waals surface area contributed by atoms with E-state index in [4.69, 9.17) is 10.5 Å². The Labute approximate surface area is 156 Å². The predicted octanol–water partition coefficient (Wildman–Crippen LogP) is 1.81. The van der Waals surface area contributed by atoms with Crippen LogP contribution in [0.2, 0.25) is 0 Å². The second-order valence-electron chi connectivity index (χ2n) is 5.48. The number of hydrogen-bond acceptors (Lipinski definition) is 6. The number of carbonyl (C=O) groups is 1. The highest BCUT2D eigenvalue weighted by molar-refractivity contribution is 7.98. The maximum Gasteiger partial charge on any atom is 0.248 e. The molecule has 0 unspecified atom stereocenters. The van der Waals surface area contributed by atoms with Crippen LogP contribution in [0.4, 0.5) is 5.69 Å². The predicted molar refractivity (Wildman–Crippen MR) is 102 cm³/mol. The molecule has 0 aromatic heterocycles. The van der Waals surface area contributed by atoms with Gasteiger partial charge in [0.2, 0.25) is 15.9 Å². The number of hydrogen-bond donors (Lipinski definition) is 2. The van der Waals surface area contributed by atoms with E-state index in [2.05, 4.69) is 0 Å². The standard InChI is InChI=1S/C17H20N2O5S2/c1-25-15-9-7-14(8-10-15)24-13-5-3-12(4-6-13)19(26(2,22)23)11-16(20)17(18)21/h3-10,16,20H,11H2,1-2H3,(H2,18,21)/t16-/m0/s1. The lowest BCUT2D eigenvalue weighted by Crippen LogP contribution is -2.42. The monoisotopic (exact) mass is 396 g/mol. The summed E-state index contributed by atoms with van der Waals surface area (Å²) in [7, 11) is -3.70. The summed E-state index contributed by atoms with van der Waals surface area (Å²) in [6.45, 7) is -0.454. The van der Waals surface area contributed by atoms with Crippen LogP contribution in [0, 0.1) is 0 Å². The van der Waals surface area contributed by atoms with Crippen molar-refractivity contribution in [1.82, 2.24) is 0 Å². The summed E-state index contributed by atoms with van der Waals surface area (Å²) >= 11 is 1.63. The minimum absolute atomic E-state index is 0.290. The average molecular weight is 396 g/mol. The number of primary amides is 1. The number of thioether (sulfide) groups is 1. The first-order valence-corrected chi connectivity index (χ1v) is 10.6. The fraction of sp³-hybridized carbons (Fsp3) is 0.235. The first-order chi connectivity index (χ1) is 12.2. The molecule has 0 spiro atoms. The van der Waals surface area contributed by atoms with Gasteiger partial charge in [0.15, 0.2) is 6.10 Å². The van der Waals surface area contributed by atoms with Crippen molar-refractivity contribution >= 4 is 33.4 Å². The van der Waals surface area contributed by atoms with Crippen LogP contribution in [-0.4, -0.2) is 44.6 Å². The van der Waals surface area contributed by atoms with Crippen LogP contribution in [0.3, 0.4) is 0 Å². The Hall–Kier alpha value is -2.23. The number of anilines is 1. The topological polar surface area (TPSA) is 110 Å². The molecule has 7 nitrogen and oxygen atoms in total. The Balaban J connectivity index is 2.18. The van der Waals surface area contributed by atoms with Crippen molar-refractivity contribution in [3.8, 4) is 11.5 Å². The lowest BCUT2D eigenvalue weighted by atomic mass is 10.2. The van der Waals surface area contributed by atoms with E-state index < -0.39 is 28.6 Å². The van der Waals surface area contributed by atoms with Crippen molar-refractivity contribution in [2.75, 3.05) is 23.4 Å². The highest BCUT2D eigenvalue weighted by Crippen LogP contribution is 2.27. The summed E-state index contributed by atoms with van der Waals surface area (Å²) < 4.78 is 30.5. The molecule has 0 heterocycles. The summed E-state index contributed by atoms with van der Waals surface area (Å²) in [4.78, 5) is 12.1. The first-order valence-electron chi connectivity index (χ1n) is 7.58. The minimum atomic E-state index is -3.70. The number of nitrogens with two attached hydrogens (primary N) is 1. The third-order valence-corrected chi connectivity index (χ3v) is 5.39. The molecule has 2 rings (SSSR count). The fourth-order valence-electron chi connectivity index (χ4n) is 2.14. The molecule has 0 saturated carbocycles. The number of ether oxygens (including phenoxy) is 1. The van der Waals surface area contributed by atoms with Gasteiger partial charge < -0.3 is 15.6 Å². The molecule has 26 heavy (non-hydrogen) atoms. The Morgan fingerprint density at radius 1 is 1.15 bits per heavy atom. The van der Waals surface area contributed by atoms with Gasteiger partial charge in [0, 0.05) is 4.90 Å². The number of amides is 1. The number of sulfonamides is 1. The van der Waals surface area contributed by atoms with Crippen LogP contribution in [0.15, 0.2) is 53.4 Å². The maximum atomic E-state index is 12.0. The molecule has 0 fully saturated rings. The summed E-state index contributed by atoms with van der Waals surface area (Å²) in [5.41, 5.74) is 5.29. The van der Waals surface area contributed by atoms with Crippen LogP contribution in [-0.2, 0) is 14.8 Å². The smallest absolute Gasteiger partial charge is 0.248 e. The van der Waals surface area contributed by atoms with Gasteiger partial charge in [-0.3, -0.25) is 9.10 Å². The number of rotatable bonds is 8. The van der Waals surface area contributed by atoms with E-state index in [-0.39, 0.29) is 5.69 Å². The Kier molecular flexibility index (Phi) is 6.52. The Morgan fingerprint density at radius 3 is 2.08 bits per heavy atom. The van der Waals surface area contributed by atoms with Crippen LogP contribution in [0.1, 0.15) is 0 Å². The molecule has 0 aliphatic carbocycles. The third-order valence-electron chi connectivity index (χ3n) is 3.49. The Morgan fingerprint density at radius 2 is 1.65 bits per heavy atom. The number of aliphatic hydroxyl groups is 1. The van der Waals surface area contributed by atoms with Gasteiger partial charge in [0.25, 0.3) is 0 Å². The second kappa shape index (κ2) is 8.43. The van der Waals surface area contributed by atoms with Crippen LogP contribution in [0.25, 0.3) is 0 Å².